The molecule has 5 N–H and O–H groups in total. The summed E-state index contributed by atoms with van der Waals surface area (Å²) in [5, 5.41) is 9.65. The molecule has 1 atom stereocenters. The maximum absolute atomic E-state index is 12.6. The summed E-state index contributed by atoms with van der Waals surface area (Å²) in [5.74, 6) is -1.32. The molecule has 0 aliphatic carbocycles. The van der Waals surface area contributed by atoms with Crippen molar-refractivity contribution in [2.24, 2.45) is 4.99 Å². The van der Waals surface area contributed by atoms with Gasteiger partial charge < -0.3 is 10.0 Å². The molecule has 2 aliphatic rings. The predicted octanol–water partition coefficient (Wildman–Crippen LogP) is 6.11. The van der Waals surface area contributed by atoms with Crippen LogP contribution in [-0.2, 0) is 62.6 Å². The van der Waals surface area contributed by atoms with Crippen LogP contribution < -0.4 is 9.47 Å². The molecule has 61 heavy (non-hydrogen) atoms. The minimum Gasteiger partial charge on any atom is -0.481 e. The van der Waals surface area contributed by atoms with Crippen molar-refractivity contribution in [2.45, 2.75) is 92.9 Å². The molecule has 0 bridgehead atoms. The summed E-state index contributed by atoms with van der Waals surface area (Å²) in [4.78, 5) is 15.9. The molecule has 0 spiro atoms. The van der Waals surface area contributed by atoms with Gasteiger partial charge in [0.1, 0.15) is 16.0 Å². The van der Waals surface area contributed by atoms with Gasteiger partial charge in [-0.25, -0.2) is 4.57 Å². The molecule has 0 amide bonds. The predicted molar refractivity (Wildman–Crippen MR) is 232 cm³/mol. The van der Waals surface area contributed by atoms with E-state index in [-0.39, 0.29) is 43.1 Å². The highest BCUT2D eigenvalue weighted by molar-refractivity contribution is 9.10. The van der Waals surface area contributed by atoms with E-state index in [2.05, 4.69) is 15.9 Å². The van der Waals surface area contributed by atoms with Gasteiger partial charge in [-0.15, -0.1) is 0 Å². The molecule has 0 fully saturated rings. The quantitative estimate of drug-likeness (QED) is 0.0392. The molecule has 1 aromatic heterocycles. The Bertz CT molecular complexity index is 2840. The first-order valence-corrected chi connectivity index (χ1v) is 25.9. The third-order valence-corrected chi connectivity index (χ3v) is 14.8. The number of pyridine rings is 1. The summed E-state index contributed by atoms with van der Waals surface area (Å²) >= 11 is 3.52. The monoisotopic (exact) mass is 988 g/mol. The molecule has 17 nitrogen and oxygen atoms in total. The lowest BCUT2D eigenvalue weighted by Crippen LogP contribution is -2.36. The minimum absolute atomic E-state index is 0.0364. The fraction of sp³-hybridized carbons (Fsp3) is 0.410. The minimum atomic E-state index is -5.20. The van der Waals surface area contributed by atoms with E-state index < -0.39 is 78.6 Å². The largest absolute Gasteiger partial charge is 0.481 e. The maximum Gasteiger partial charge on any atom is 0.327 e. The molecular formula is C39H47BrN3O14S4+. The molecule has 0 radical (unpaired) electrons. The molecule has 332 valence electrons. The Morgan fingerprint density at radius 3 is 2.08 bits per heavy atom. The molecule has 22 heteroatoms. The van der Waals surface area contributed by atoms with Crippen LogP contribution >= 0.6 is 15.9 Å². The molecule has 3 heterocycles. The average Bonchev–Trinajstić information content (AvgIpc) is 3.51. The van der Waals surface area contributed by atoms with Gasteiger partial charge >= 0.3 is 11.8 Å². The fourth-order valence-electron chi connectivity index (χ4n) is 7.96. The van der Waals surface area contributed by atoms with E-state index in [0.717, 1.165) is 22.2 Å². The van der Waals surface area contributed by atoms with Gasteiger partial charge in [-0.1, -0.05) is 37.1 Å². The van der Waals surface area contributed by atoms with E-state index in [4.69, 9.17) is 4.99 Å². The molecular weight excluding hydrogens is 943 g/mol. The molecule has 2 aromatic carbocycles. The van der Waals surface area contributed by atoms with Gasteiger partial charge in [0.2, 0.25) is 0 Å². The lowest BCUT2D eigenvalue weighted by molar-refractivity contribution is -0.684. The van der Waals surface area contributed by atoms with Crippen molar-refractivity contribution in [2.75, 3.05) is 23.0 Å². The number of hydrogen-bond acceptors (Lipinski definition) is 11. The van der Waals surface area contributed by atoms with Crippen LogP contribution in [0.3, 0.4) is 0 Å². The number of allylic oxidation sites excluding steroid dienone is 6. The van der Waals surface area contributed by atoms with Gasteiger partial charge in [0.25, 0.3) is 40.5 Å². The van der Waals surface area contributed by atoms with E-state index in [9.17, 15) is 61.8 Å². The maximum atomic E-state index is 12.6. The average molecular weight is 990 g/mol. The molecule has 1 unspecified atom stereocenters. The molecule has 2 aliphatic heterocycles. The number of rotatable bonds is 19. The lowest BCUT2D eigenvalue weighted by Gasteiger charge is -2.31. The number of aliphatic carboxylic acids is 1. The van der Waals surface area contributed by atoms with Crippen LogP contribution in [0.15, 0.2) is 91.9 Å². The first-order valence-electron chi connectivity index (χ1n) is 19.0. The van der Waals surface area contributed by atoms with E-state index in [0.29, 0.717) is 54.2 Å². The van der Waals surface area contributed by atoms with Crippen LogP contribution in [0, 0.1) is 0 Å². The number of nitrogens with zero attached hydrogens (tertiary/aromatic N) is 3. The first-order chi connectivity index (χ1) is 28.1. The Balaban J connectivity index is 1.61. The van der Waals surface area contributed by atoms with Gasteiger partial charge in [-0.3, -0.25) is 23.0 Å². The number of benzene rings is 2. The van der Waals surface area contributed by atoms with E-state index in [1.54, 1.807) is 36.6 Å². The van der Waals surface area contributed by atoms with E-state index >= 15 is 0 Å². The van der Waals surface area contributed by atoms with Crippen molar-refractivity contribution < 1.29 is 66.4 Å². The van der Waals surface area contributed by atoms with Crippen LogP contribution in [0.4, 0.5) is 11.5 Å². The zero-order valence-electron chi connectivity index (χ0n) is 33.4. The number of carboxylic acids is 1. The van der Waals surface area contributed by atoms with Crippen molar-refractivity contribution in [1.29, 1.82) is 0 Å². The second-order valence-corrected chi connectivity index (χ2v) is 22.5. The third kappa shape index (κ3) is 11.4. The van der Waals surface area contributed by atoms with Crippen LogP contribution in [0.2, 0.25) is 0 Å². The number of aliphatic imine (C=N–C) groups is 1. The molecule has 3 aromatic rings. The van der Waals surface area contributed by atoms with Gasteiger partial charge in [0, 0.05) is 36.2 Å². The molecule has 0 saturated carbocycles. The summed E-state index contributed by atoms with van der Waals surface area (Å²) in [6, 6.07) is 7.00. The Morgan fingerprint density at radius 2 is 1.46 bits per heavy atom. The number of carboxylic acid groups (broad SMARTS) is 1. The fourth-order valence-corrected chi connectivity index (χ4v) is 11.2. The van der Waals surface area contributed by atoms with Gasteiger partial charge in [-0.2, -0.15) is 33.7 Å². The Kier molecular flexibility index (Phi) is 14.3. The van der Waals surface area contributed by atoms with Gasteiger partial charge in [-0.05, 0) is 114 Å². The second kappa shape index (κ2) is 18.1. The van der Waals surface area contributed by atoms with Crippen LogP contribution in [0.1, 0.15) is 76.8 Å². The Labute approximate surface area is 363 Å². The van der Waals surface area contributed by atoms with Gasteiger partial charge in [0.05, 0.1) is 33.5 Å². The normalized spacial score (nSPS) is 18.7. The first kappa shape index (κ1) is 48.2. The number of anilines is 1. The van der Waals surface area contributed by atoms with Crippen LogP contribution in [-0.4, -0.2) is 86.7 Å². The number of halogens is 1. The molecule has 5 rings (SSSR count). The van der Waals surface area contributed by atoms with Gasteiger partial charge in [0.15, 0.2) is 5.71 Å². The highest BCUT2D eigenvalue weighted by Gasteiger charge is 2.45. The van der Waals surface area contributed by atoms with Crippen LogP contribution in [0.25, 0.3) is 10.8 Å². The van der Waals surface area contributed by atoms with Crippen molar-refractivity contribution in [3.63, 3.8) is 0 Å². The van der Waals surface area contributed by atoms with E-state index in [1.807, 2.05) is 42.4 Å². The van der Waals surface area contributed by atoms with E-state index in [1.165, 1.54) is 6.07 Å². The third-order valence-electron chi connectivity index (χ3n) is 10.8. The van der Waals surface area contributed by atoms with Crippen LogP contribution in [0.5, 0.6) is 0 Å². The van der Waals surface area contributed by atoms with Crippen molar-refractivity contribution >= 4 is 90.4 Å². The lowest BCUT2D eigenvalue weighted by atomic mass is 9.75. The number of hydrogen-bond donors (Lipinski definition) is 5. The number of aromatic nitrogens is 1. The number of fused-ring (bicyclic) bond motifs is 4. The standard InChI is InChI=1S/C39H46BrN3O14S4/c1-38(2)29-23-27(40)25-42(18-10-20-58(46,47)48)37(29)41-33(38)12-6-4-7-13-34-39(3,17-9-5-8-14-35(44)45)36-28-24-32(61(55,56)57)31(60(52,53)54)22-26(28)15-16-30(36)43(34)19-11-21-59(49,50)51/h4,6-7,12-13,15-16,22-25H,5,8-11,14,17-21H2,1-3H3,(H4-,44,45,46,47,48,49,50,51,52,53,54,55,56,57)/p+1. The number of carbonyl (C=O) groups is 1. The van der Waals surface area contributed by atoms with Crippen molar-refractivity contribution in [1.82, 2.24) is 0 Å². The Hall–Kier alpha value is -3.87. The number of unbranched alkanes of at least 4 members (excludes halogenated alkanes) is 2. The molecule has 0 saturated heterocycles. The highest BCUT2D eigenvalue weighted by Crippen LogP contribution is 2.54. The summed E-state index contributed by atoms with van der Waals surface area (Å²) in [6.45, 7) is 6.17. The topological polar surface area (TPSA) is 274 Å². The zero-order chi connectivity index (χ0) is 45.3. The summed E-state index contributed by atoms with van der Waals surface area (Å²) in [7, 11) is -18.8. The highest BCUT2D eigenvalue weighted by atomic mass is 79.9. The van der Waals surface area contributed by atoms with Crippen molar-refractivity contribution in [3.05, 3.63) is 88.2 Å². The number of aryl methyl sites for hydroxylation is 1. The smallest absolute Gasteiger partial charge is 0.327 e. The SMILES string of the molecule is CC1(C)C(C=CC=CC=C2N(CCCS(=O)(=O)O)c3ccc4cc(S(=O)(=O)O)c(S(=O)(=O)O)cc4c3C2(C)CCCCCC(=O)O)=Nc2c1cc(Br)c[n+]2CCCS(=O)(=O)O. The van der Waals surface area contributed by atoms with Crippen molar-refractivity contribution in [3.8, 4) is 0 Å². The zero-order valence-corrected chi connectivity index (χ0v) is 38.2. The Morgan fingerprint density at radius 1 is 0.820 bits per heavy atom. The summed E-state index contributed by atoms with van der Waals surface area (Å²) in [6.07, 6.45) is 12.4. The second-order valence-electron chi connectivity index (χ2n) is 15.7. The summed E-state index contributed by atoms with van der Waals surface area (Å²) in [5.41, 5.74) is 1.61. The summed E-state index contributed by atoms with van der Waals surface area (Å²) < 4.78 is 137.